The Morgan fingerprint density at radius 2 is 2.06 bits per heavy atom. The number of nitrogens with one attached hydrogen (secondary N) is 1. The van der Waals surface area contributed by atoms with E-state index in [1.165, 1.54) is 17.4 Å². The number of nitrogens with zero attached hydrogens (tertiary/aromatic N) is 1. The first-order chi connectivity index (χ1) is 8.58. The minimum atomic E-state index is -0.446. The Bertz CT molecular complexity index is 512. The normalized spacial score (nSPS) is 12.9. The van der Waals surface area contributed by atoms with Crippen LogP contribution < -0.4 is 5.32 Å². The van der Waals surface area contributed by atoms with Crippen LogP contribution in [-0.4, -0.2) is 11.0 Å². The van der Waals surface area contributed by atoms with E-state index in [0.29, 0.717) is 5.56 Å². The van der Waals surface area contributed by atoms with Crippen LogP contribution in [0.25, 0.3) is 0 Å². The Hall–Kier alpha value is -1.33. The van der Waals surface area contributed by atoms with Crippen LogP contribution in [0.5, 0.6) is 0 Å². The van der Waals surface area contributed by atoms with Gasteiger partial charge in [-0.15, -0.1) is 11.3 Å². The lowest BCUT2D eigenvalue weighted by molar-refractivity contribution is 0.496. The van der Waals surface area contributed by atoms with Crippen LogP contribution in [0.2, 0.25) is 0 Å². The summed E-state index contributed by atoms with van der Waals surface area (Å²) in [5.74, 6) is -0.872. The first kappa shape index (κ1) is 13.1. The average Bonchev–Trinajstić information content (AvgIpc) is 2.82. The van der Waals surface area contributed by atoms with Gasteiger partial charge in [-0.3, -0.25) is 0 Å². The largest absolute Gasteiger partial charge is 0.302 e. The van der Waals surface area contributed by atoms with Gasteiger partial charge in [0.1, 0.15) is 16.6 Å². The molecule has 0 radical (unpaired) electrons. The number of aromatic nitrogens is 1. The van der Waals surface area contributed by atoms with Crippen molar-refractivity contribution in [2.75, 3.05) is 0 Å². The zero-order valence-corrected chi connectivity index (χ0v) is 11.0. The molecule has 1 N–H and O–H groups in total. The molecule has 0 bridgehead atoms. The predicted octanol–water partition coefficient (Wildman–Crippen LogP) is 3.51. The second-order valence-corrected chi connectivity index (χ2v) is 5.22. The Balaban J connectivity index is 2.42. The third-order valence-electron chi connectivity index (χ3n) is 2.47. The molecule has 1 unspecified atom stereocenters. The van der Waals surface area contributed by atoms with Gasteiger partial charge < -0.3 is 5.32 Å². The summed E-state index contributed by atoms with van der Waals surface area (Å²) in [4.78, 5) is 4.18. The van der Waals surface area contributed by atoms with Crippen molar-refractivity contribution in [1.82, 2.24) is 10.3 Å². The molecule has 96 valence electrons. The van der Waals surface area contributed by atoms with E-state index in [1.54, 1.807) is 6.20 Å². The minimum Gasteiger partial charge on any atom is -0.302 e. The van der Waals surface area contributed by atoms with Gasteiger partial charge in [0.05, 0.1) is 6.04 Å². The van der Waals surface area contributed by atoms with Gasteiger partial charge in [-0.05, 0) is 32.0 Å². The number of hydrogen-bond donors (Lipinski definition) is 1. The molecule has 0 amide bonds. The van der Waals surface area contributed by atoms with Gasteiger partial charge in [-0.2, -0.15) is 0 Å². The predicted molar refractivity (Wildman–Crippen MR) is 68.6 cm³/mol. The van der Waals surface area contributed by atoms with Crippen LogP contribution >= 0.6 is 11.3 Å². The van der Waals surface area contributed by atoms with Crippen LogP contribution in [0.15, 0.2) is 29.8 Å². The number of thiazole rings is 1. The standard InChI is InChI=1S/C13H14F2N2S/c1-8(2)17-12(13-16-5-6-18-13)10-7-9(14)3-4-11(10)15/h3-8,12,17H,1-2H3. The molecular weight excluding hydrogens is 254 g/mol. The highest BCUT2D eigenvalue weighted by Gasteiger charge is 2.21. The summed E-state index contributed by atoms with van der Waals surface area (Å²) in [6, 6.07) is 3.21. The molecule has 0 aliphatic heterocycles. The molecule has 5 heteroatoms. The Labute approximate surface area is 109 Å². The molecule has 0 fully saturated rings. The third-order valence-corrected chi connectivity index (χ3v) is 3.31. The average molecular weight is 268 g/mol. The quantitative estimate of drug-likeness (QED) is 0.918. The first-order valence-electron chi connectivity index (χ1n) is 5.68. The molecule has 2 nitrogen and oxygen atoms in total. The number of hydrogen-bond acceptors (Lipinski definition) is 3. The monoisotopic (exact) mass is 268 g/mol. The minimum absolute atomic E-state index is 0.140. The van der Waals surface area contributed by atoms with Crippen LogP contribution in [-0.2, 0) is 0 Å². The van der Waals surface area contributed by atoms with Crippen LogP contribution in [0.3, 0.4) is 0 Å². The van der Waals surface area contributed by atoms with Gasteiger partial charge in [-0.25, -0.2) is 13.8 Å². The third kappa shape index (κ3) is 2.91. The molecule has 1 aromatic carbocycles. The van der Waals surface area contributed by atoms with E-state index in [1.807, 2.05) is 19.2 Å². The molecule has 0 spiro atoms. The zero-order valence-electron chi connectivity index (χ0n) is 10.2. The summed E-state index contributed by atoms with van der Waals surface area (Å²) in [5.41, 5.74) is 0.290. The van der Waals surface area contributed by atoms with Crippen LogP contribution in [0.1, 0.15) is 30.5 Å². The van der Waals surface area contributed by atoms with E-state index in [0.717, 1.165) is 17.1 Å². The lowest BCUT2D eigenvalue weighted by Gasteiger charge is -2.20. The van der Waals surface area contributed by atoms with Gasteiger partial charge in [0.2, 0.25) is 0 Å². The zero-order chi connectivity index (χ0) is 13.1. The second-order valence-electron chi connectivity index (χ2n) is 4.29. The summed E-state index contributed by atoms with van der Waals surface area (Å²) in [7, 11) is 0. The molecule has 1 aromatic heterocycles. The molecule has 2 aromatic rings. The topological polar surface area (TPSA) is 24.9 Å². The Morgan fingerprint density at radius 3 is 2.67 bits per heavy atom. The maximum absolute atomic E-state index is 13.8. The summed E-state index contributed by atoms with van der Waals surface area (Å²) < 4.78 is 27.1. The van der Waals surface area contributed by atoms with Crippen molar-refractivity contribution in [3.8, 4) is 0 Å². The van der Waals surface area contributed by atoms with Gasteiger partial charge in [0, 0.05) is 23.2 Å². The Morgan fingerprint density at radius 1 is 1.28 bits per heavy atom. The maximum atomic E-state index is 13.8. The van der Waals surface area contributed by atoms with E-state index < -0.39 is 17.7 Å². The van der Waals surface area contributed by atoms with Crippen molar-refractivity contribution in [3.05, 3.63) is 52.0 Å². The van der Waals surface area contributed by atoms with Gasteiger partial charge >= 0.3 is 0 Å². The second kappa shape index (κ2) is 5.54. The van der Waals surface area contributed by atoms with Crippen molar-refractivity contribution >= 4 is 11.3 Å². The van der Waals surface area contributed by atoms with Crippen molar-refractivity contribution in [1.29, 1.82) is 0 Å². The van der Waals surface area contributed by atoms with Crippen molar-refractivity contribution in [3.63, 3.8) is 0 Å². The van der Waals surface area contributed by atoms with Crippen LogP contribution in [0, 0.1) is 11.6 Å². The summed E-state index contributed by atoms with van der Waals surface area (Å²) in [6.45, 7) is 3.91. The number of benzene rings is 1. The van der Waals surface area contributed by atoms with Crippen molar-refractivity contribution in [2.45, 2.75) is 25.9 Å². The highest BCUT2D eigenvalue weighted by Crippen LogP contribution is 2.27. The number of rotatable bonds is 4. The molecule has 1 atom stereocenters. The summed E-state index contributed by atoms with van der Waals surface area (Å²) in [5, 5.41) is 5.76. The van der Waals surface area contributed by atoms with Gasteiger partial charge in [-0.1, -0.05) is 0 Å². The lowest BCUT2D eigenvalue weighted by atomic mass is 10.1. The van der Waals surface area contributed by atoms with Crippen molar-refractivity contribution < 1.29 is 8.78 Å². The number of halogens is 2. The molecule has 0 aliphatic rings. The summed E-state index contributed by atoms with van der Waals surface area (Å²) in [6.07, 6.45) is 1.66. The fourth-order valence-electron chi connectivity index (χ4n) is 1.74. The van der Waals surface area contributed by atoms with E-state index in [4.69, 9.17) is 0 Å². The maximum Gasteiger partial charge on any atom is 0.128 e. The van der Waals surface area contributed by atoms with E-state index in [2.05, 4.69) is 10.3 Å². The molecule has 0 saturated heterocycles. The lowest BCUT2D eigenvalue weighted by Crippen LogP contribution is -2.29. The molecular formula is C13H14F2N2S. The fraction of sp³-hybridized carbons (Fsp3) is 0.308. The molecule has 0 saturated carbocycles. The first-order valence-corrected chi connectivity index (χ1v) is 6.56. The van der Waals surface area contributed by atoms with Crippen LogP contribution in [0.4, 0.5) is 8.78 Å². The van der Waals surface area contributed by atoms with E-state index in [9.17, 15) is 8.78 Å². The molecule has 2 rings (SSSR count). The Kier molecular flexibility index (Phi) is 4.04. The SMILES string of the molecule is CC(C)NC(c1nccs1)c1cc(F)ccc1F. The van der Waals surface area contributed by atoms with Gasteiger partial charge in [0.15, 0.2) is 0 Å². The smallest absolute Gasteiger partial charge is 0.128 e. The van der Waals surface area contributed by atoms with E-state index >= 15 is 0 Å². The van der Waals surface area contributed by atoms with E-state index in [-0.39, 0.29) is 6.04 Å². The highest BCUT2D eigenvalue weighted by atomic mass is 32.1. The molecule has 0 aliphatic carbocycles. The molecule has 18 heavy (non-hydrogen) atoms. The molecule has 1 heterocycles. The fourth-order valence-corrected chi connectivity index (χ4v) is 2.45. The highest BCUT2D eigenvalue weighted by molar-refractivity contribution is 7.09. The summed E-state index contributed by atoms with van der Waals surface area (Å²) >= 11 is 1.42. The van der Waals surface area contributed by atoms with Crippen molar-refractivity contribution in [2.24, 2.45) is 0 Å². The van der Waals surface area contributed by atoms with Gasteiger partial charge in [0.25, 0.3) is 0 Å².